The van der Waals surface area contributed by atoms with Crippen molar-refractivity contribution in [1.29, 1.82) is 0 Å². The van der Waals surface area contributed by atoms with Gasteiger partial charge in [-0.2, -0.15) is 9.61 Å². The van der Waals surface area contributed by atoms with Crippen molar-refractivity contribution in [3.63, 3.8) is 0 Å². The molecule has 146 valence electrons. The highest BCUT2D eigenvalue weighted by atomic mass is 15.4. The molecule has 5 rings (SSSR count). The summed E-state index contributed by atoms with van der Waals surface area (Å²) in [5.41, 5.74) is 4.15. The van der Waals surface area contributed by atoms with E-state index in [2.05, 4.69) is 37.0 Å². The Morgan fingerprint density at radius 2 is 1.79 bits per heavy atom. The summed E-state index contributed by atoms with van der Waals surface area (Å²) in [4.78, 5) is 18.1. The van der Waals surface area contributed by atoms with Crippen LogP contribution in [0, 0.1) is 0 Å². The highest BCUT2D eigenvalue weighted by Crippen LogP contribution is 2.25. The summed E-state index contributed by atoms with van der Waals surface area (Å²) >= 11 is 0. The van der Waals surface area contributed by atoms with Crippen LogP contribution in [0.1, 0.15) is 12.0 Å². The maximum atomic E-state index is 4.78. The molecule has 0 aromatic carbocycles. The van der Waals surface area contributed by atoms with Crippen molar-refractivity contribution in [2.75, 3.05) is 31.1 Å². The van der Waals surface area contributed by atoms with Gasteiger partial charge in [0.1, 0.15) is 5.82 Å². The maximum absolute atomic E-state index is 4.78. The zero-order chi connectivity index (χ0) is 19.5. The molecule has 0 aliphatic carbocycles. The van der Waals surface area contributed by atoms with Crippen LogP contribution >= 0.6 is 0 Å². The third kappa shape index (κ3) is 3.82. The predicted octanol–water partition coefficient (Wildman–Crippen LogP) is 2.90. The van der Waals surface area contributed by atoms with Crippen molar-refractivity contribution in [3.8, 4) is 11.3 Å². The normalized spacial score (nSPS) is 15.5. The molecule has 7 nitrogen and oxygen atoms in total. The number of hydrogen-bond acceptors (Lipinski definition) is 6. The van der Waals surface area contributed by atoms with Crippen LogP contribution < -0.4 is 4.90 Å². The molecule has 0 atom stereocenters. The number of rotatable bonds is 4. The quantitative estimate of drug-likeness (QED) is 0.538. The van der Waals surface area contributed by atoms with E-state index < -0.39 is 0 Å². The van der Waals surface area contributed by atoms with Gasteiger partial charge in [-0.05, 0) is 30.2 Å². The highest BCUT2D eigenvalue weighted by molar-refractivity contribution is 5.66. The summed E-state index contributed by atoms with van der Waals surface area (Å²) in [7, 11) is 0. The first-order valence-corrected chi connectivity index (χ1v) is 9.98. The molecule has 5 heterocycles. The van der Waals surface area contributed by atoms with Crippen LogP contribution in [-0.2, 0) is 6.54 Å². The second kappa shape index (κ2) is 7.97. The number of anilines is 1. The molecule has 0 radical (unpaired) electrons. The highest BCUT2D eigenvalue weighted by Gasteiger charge is 2.19. The van der Waals surface area contributed by atoms with Crippen LogP contribution in [0.4, 0.5) is 5.82 Å². The Morgan fingerprint density at radius 3 is 2.66 bits per heavy atom. The van der Waals surface area contributed by atoms with Gasteiger partial charge in [-0.15, -0.1) is 0 Å². The van der Waals surface area contributed by atoms with Crippen LogP contribution in [0.5, 0.6) is 0 Å². The smallest absolute Gasteiger partial charge is 0.157 e. The molecule has 0 saturated carbocycles. The molecular weight excluding hydrogens is 362 g/mol. The molecule has 29 heavy (non-hydrogen) atoms. The number of fused-ring (bicyclic) bond motifs is 1. The van der Waals surface area contributed by atoms with Gasteiger partial charge in [0.2, 0.25) is 0 Å². The molecule has 0 spiro atoms. The topological polar surface area (TPSA) is 62.5 Å². The molecule has 0 N–H and O–H groups in total. The number of nitrogens with zero attached hydrogens (tertiary/aromatic N) is 7. The van der Waals surface area contributed by atoms with E-state index in [9.17, 15) is 0 Å². The minimum absolute atomic E-state index is 0.866. The number of hydrogen-bond donors (Lipinski definition) is 0. The van der Waals surface area contributed by atoms with Gasteiger partial charge in [0.25, 0.3) is 0 Å². The standard InChI is InChI=1S/C22H23N7/c1-3-18(16-24-7-1)17-27-11-2-12-28(14-13-27)22-15-20(19-4-8-23-9-5-19)26-21-6-10-25-29(21)22/h1,3-10,15-16H,2,11-14,17H2. The molecule has 4 aromatic heterocycles. The van der Waals surface area contributed by atoms with Crippen LogP contribution in [0.2, 0.25) is 0 Å². The van der Waals surface area contributed by atoms with Crippen LogP contribution in [-0.4, -0.2) is 55.6 Å². The molecule has 1 fully saturated rings. The van der Waals surface area contributed by atoms with E-state index in [1.165, 1.54) is 5.56 Å². The SMILES string of the molecule is c1cncc(CN2CCCN(c3cc(-c4ccncc4)nc4ccnn34)CC2)c1. The first-order valence-electron chi connectivity index (χ1n) is 9.98. The van der Waals surface area contributed by atoms with Crippen molar-refractivity contribution in [2.45, 2.75) is 13.0 Å². The fourth-order valence-corrected chi connectivity index (χ4v) is 3.90. The van der Waals surface area contributed by atoms with E-state index in [1.807, 2.05) is 47.4 Å². The Morgan fingerprint density at radius 1 is 0.862 bits per heavy atom. The zero-order valence-corrected chi connectivity index (χ0v) is 16.2. The maximum Gasteiger partial charge on any atom is 0.157 e. The fourth-order valence-electron chi connectivity index (χ4n) is 3.90. The lowest BCUT2D eigenvalue weighted by atomic mass is 10.2. The largest absolute Gasteiger partial charge is 0.355 e. The summed E-state index contributed by atoms with van der Waals surface area (Å²) in [5, 5.41) is 4.52. The lowest BCUT2D eigenvalue weighted by molar-refractivity contribution is 0.285. The Balaban J connectivity index is 1.41. The van der Waals surface area contributed by atoms with Crippen LogP contribution in [0.15, 0.2) is 67.4 Å². The molecule has 4 aromatic rings. The molecule has 0 amide bonds. The summed E-state index contributed by atoms with van der Waals surface area (Å²) in [6.07, 6.45) is 10.3. The summed E-state index contributed by atoms with van der Waals surface area (Å²) in [6, 6.07) is 12.2. The minimum Gasteiger partial charge on any atom is -0.355 e. The third-order valence-corrected chi connectivity index (χ3v) is 5.36. The lowest BCUT2D eigenvalue weighted by Crippen LogP contribution is -2.31. The second-order valence-corrected chi connectivity index (χ2v) is 7.31. The average Bonchev–Trinajstić information content (AvgIpc) is 3.14. The van der Waals surface area contributed by atoms with Gasteiger partial charge in [0, 0.05) is 75.2 Å². The van der Waals surface area contributed by atoms with Gasteiger partial charge in [0.15, 0.2) is 5.65 Å². The Kier molecular flexibility index (Phi) is 4.88. The molecule has 1 aliphatic heterocycles. The molecule has 0 bridgehead atoms. The molecule has 7 heteroatoms. The first-order chi connectivity index (χ1) is 14.4. The van der Waals surface area contributed by atoms with Gasteiger partial charge >= 0.3 is 0 Å². The van der Waals surface area contributed by atoms with E-state index in [4.69, 9.17) is 4.98 Å². The van der Waals surface area contributed by atoms with Crippen molar-refractivity contribution in [1.82, 2.24) is 29.5 Å². The van der Waals surface area contributed by atoms with Crippen molar-refractivity contribution >= 4 is 11.5 Å². The monoisotopic (exact) mass is 385 g/mol. The van der Waals surface area contributed by atoms with Crippen molar-refractivity contribution < 1.29 is 0 Å². The lowest BCUT2D eigenvalue weighted by Gasteiger charge is -2.24. The van der Waals surface area contributed by atoms with Gasteiger partial charge in [-0.1, -0.05) is 6.07 Å². The summed E-state index contributed by atoms with van der Waals surface area (Å²) in [5.74, 6) is 1.09. The van der Waals surface area contributed by atoms with Crippen molar-refractivity contribution in [3.05, 3.63) is 72.9 Å². The Hall–Kier alpha value is -3.32. The average molecular weight is 385 g/mol. The number of aromatic nitrogens is 5. The van der Waals surface area contributed by atoms with Crippen molar-refractivity contribution in [2.24, 2.45) is 0 Å². The molecule has 0 unspecified atom stereocenters. The zero-order valence-electron chi connectivity index (χ0n) is 16.2. The van der Waals surface area contributed by atoms with Gasteiger partial charge < -0.3 is 4.90 Å². The van der Waals surface area contributed by atoms with E-state index in [0.717, 1.165) is 61.9 Å². The molecule has 1 aliphatic rings. The Labute approximate surface area is 169 Å². The van der Waals surface area contributed by atoms with E-state index in [0.29, 0.717) is 0 Å². The van der Waals surface area contributed by atoms with Gasteiger partial charge in [-0.25, -0.2) is 4.98 Å². The van der Waals surface area contributed by atoms with Crippen LogP contribution in [0.3, 0.4) is 0 Å². The summed E-state index contributed by atoms with van der Waals surface area (Å²) < 4.78 is 1.95. The van der Waals surface area contributed by atoms with E-state index in [-0.39, 0.29) is 0 Å². The first kappa shape index (κ1) is 17.8. The van der Waals surface area contributed by atoms with Gasteiger partial charge in [-0.3, -0.25) is 14.9 Å². The fraction of sp³-hybridized carbons (Fsp3) is 0.273. The second-order valence-electron chi connectivity index (χ2n) is 7.31. The predicted molar refractivity (Wildman–Crippen MR) is 113 cm³/mol. The number of pyridine rings is 2. The molecular formula is C22H23N7. The van der Waals surface area contributed by atoms with E-state index >= 15 is 0 Å². The summed E-state index contributed by atoms with van der Waals surface area (Å²) in [6.45, 7) is 4.98. The third-order valence-electron chi connectivity index (χ3n) is 5.36. The molecule has 1 saturated heterocycles. The van der Waals surface area contributed by atoms with E-state index in [1.54, 1.807) is 12.4 Å². The van der Waals surface area contributed by atoms with Crippen LogP contribution in [0.25, 0.3) is 16.9 Å². The Bertz CT molecular complexity index is 1080. The minimum atomic E-state index is 0.866. The van der Waals surface area contributed by atoms with Gasteiger partial charge in [0.05, 0.1) is 11.9 Å².